The standard InChI is InChI=1S/C22H23ClN4O4S/c1-15-5-2-3-10-27(15)32(30,31)19-8-9-20-16(11-19)13-24-22(29)26(20)14-21(28)25-18-7-4-6-17(23)12-18/h4,6-9,11-13,15H,2-3,5,10,14H2,1H3,(H,25,28)/t15-/m0/s1. The molecule has 1 saturated heterocycles. The van der Waals surface area contributed by atoms with Gasteiger partial charge in [0.1, 0.15) is 6.54 Å². The highest BCUT2D eigenvalue weighted by molar-refractivity contribution is 7.89. The smallest absolute Gasteiger partial charge is 0.324 e. The van der Waals surface area contributed by atoms with Crippen LogP contribution in [0.5, 0.6) is 0 Å². The van der Waals surface area contributed by atoms with E-state index in [9.17, 15) is 18.0 Å². The van der Waals surface area contributed by atoms with Gasteiger partial charge in [-0.1, -0.05) is 24.1 Å². The number of aromatic nitrogens is 2. The summed E-state index contributed by atoms with van der Waals surface area (Å²) < 4.78 is 29.1. The molecule has 0 saturated carbocycles. The van der Waals surface area contributed by atoms with E-state index in [1.165, 1.54) is 27.2 Å². The molecule has 1 aliphatic rings. The lowest BCUT2D eigenvalue weighted by Crippen LogP contribution is -2.41. The Morgan fingerprint density at radius 1 is 1.22 bits per heavy atom. The number of sulfonamides is 1. The van der Waals surface area contributed by atoms with Gasteiger partial charge in [0.15, 0.2) is 0 Å². The summed E-state index contributed by atoms with van der Waals surface area (Å²) in [6, 6.07) is 11.1. The normalized spacial score (nSPS) is 17.4. The number of nitrogens with zero attached hydrogens (tertiary/aromatic N) is 3. The Hall–Kier alpha value is -2.75. The van der Waals surface area contributed by atoms with Crippen molar-refractivity contribution in [3.05, 3.63) is 64.2 Å². The van der Waals surface area contributed by atoms with E-state index in [1.54, 1.807) is 30.3 Å². The van der Waals surface area contributed by atoms with Crippen molar-refractivity contribution in [1.82, 2.24) is 13.9 Å². The molecule has 10 heteroatoms. The second kappa shape index (κ2) is 9.01. The summed E-state index contributed by atoms with van der Waals surface area (Å²) in [6.45, 7) is 2.13. The average molecular weight is 475 g/mol. The van der Waals surface area contributed by atoms with Crippen LogP contribution in [0.25, 0.3) is 10.9 Å². The van der Waals surface area contributed by atoms with Crippen LogP contribution in [0, 0.1) is 0 Å². The van der Waals surface area contributed by atoms with Crippen molar-refractivity contribution >= 4 is 44.1 Å². The number of halogens is 1. The molecule has 0 unspecified atom stereocenters. The number of piperidine rings is 1. The van der Waals surface area contributed by atoms with Crippen LogP contribution in [0.15, 0.2) is 58.4 Å². The van der Waals surface area contributed by atoms with Crippen LogP contribution in [0.2, 0.25) is 5.02 Å². The number of benzene rings is 2. The minimum absolute atomic E-state index is 0.0632. The van der Waals surface area contributed by atoms with E-state index in [1.807, 2.05) is 6.92 Å². The van der Waals surface area contributed by atoms with E-state index < -0.39 is 21.6 Å². The maximum atomic E-state index is 13.2. The first-order chi connectivity index (χ1) is 15.3. The van der Waals surface area contributed by atoms with Crippen molar-refractivity contribution in [2.24, 2.45) is 0 Å². The highest BCUT2D eigenvalue weighted by Gasteiger charge is 2.31. The van der Waals surface area contributed by atoms with E-state index in [4.69, 9.17) is 11.6 Å². The first-order valence-corrected chi connectivity index (χ1v) is 12.1. The Bertz CT molecular complexity index is 1340. The van der Waals surface area contributed by atoms with Gasteiger partial charge in [0.2, 0.25) is 15.9 Å². The molecule has 3 aromatic rings. The van der Waals surface area contributed by atoms with Gasteiger partial charge in [-0.2, -0.15) is 4.31 Å². The quantitative estimate of drug-likeness (QED) is 0.611. The van der Waals surface area contributed by atoms with Gasteiger partial charge < -0.3 is 5.32 Å². The Morgan fingerprint density at radius 2 is 2.03 bits per heavy atom. The fourth-order valence-electron chi connectivity index (χ4n) is 3.97. The minimum atomic E-state index is -3.67. The third-order valence-electron chi connectivity index (χ3n) is 5.59. The number of hydrogen-bond acceptors (Lipinski definition) is 5. The summed E-state index contributed by atoms with van der Waals surface area (Å²) in [6.07, 6.45) is 4.01. The van der Waals surface area contributed by atoms with Crippen LogP contribution in [-0.2, 0) is 21.4 Å². The molecule has 4 rings (SSSR count). The van der Waals surface area contributed by atoms with Crippen LogP contribution >= 0.6 is 11.6 Å². The number of amides is 1. The second-order valence-electron chi connectivity index (χ2n) is 7.87. The largest absolute Gasteiger partial charge is 0.348 e. The van der Waals surface area contributed by atoms with E-state index in [-0.39, 0.29) is 17.5 Å². The summed E-state index contributed by atoms with van der Waals surface area (Å²) in [5, 5.41) is 3.63. The number of anilines is 1. The Balaban J connectivity index is 1.64. The van der Waals surface area contributed by atoms with Crippen LogP contribution in [-0.4, -0.2) is 40.8 Å². The van der Waals surface area contributed by atoms with Crippen molar-refractivity contribution in [2.45, 2.75) is 43.7 Å². The lowest BCUT2D eigenvalue weighted by Gasteiger charge is -2.32. The van der Waals surface area contributed by atoms with Gasteiger partial charge in [0.05, 0.1) is 10.4 Å². The highest BCUT2D eigenvalue weighted by atomic mass is 35.5. The Morgan fingerprint density at radius 3 is 2.78 bits per heavy atom. The van der Waals surface area contributed by atoms with Crippen molar-refractivity contribution in [3.8, 4) is 0 Å². The molecule has 1 amide bonds. The number of carbonyl (C=O) groups is 1. The molecule has 32 heavy (non-hydrogen) atoms. The number of carbonyl (C=O) groups excluding carboxylic acids is 1. The van der Waals surface area contributed by atoms with E-state index in [2.05, 4.69) is 10.3 Å². The summed E-state index contributed by atoms with van der Waals surface area (Å²) in [4.78, 5) is 28.9. The fraction of sp³-hybridized carbons (Fsp3) is 0.318. The second-order valence-corrected chi connectivity index (χ2v) is 10.2. The SMILES string of the molecule is C[C@H]1CCCCN1S(=O)(=O)c1ccc2c(cnc(=O)n2CC(=O)Nc2cccc(Cl)c2)c1. The first kappa shape index (κ1) is 22.4. The number of fused-ring (bicyclic) bond motifs is 1. The van der Waals surface area contributed by atoms with Crippen LogP contribution in [0.1, 0.15) is 26.2 Å². The fourth-order valence-corrected chi connectivity index (χ4v) is 5.89. The van der Waals surface area contributed by atoms with Crippen LogP contribution in [0.3, 0.4) is 0 Å². The van der Waals surface area contributed by atoms with Gasteiger partial charge in [-0.3, -0.25) is 9.36 Å². The van der Waals surface area contributed by atoms with Gasteiger partial charge in [0.25, 0.3) is 0 Å². The van der Waals surface area contributed by atoms with E-state index in [0.29, 0.717) is 28.2 Å². The molecule has 1 aliphatic heterocycles. The van der Waals surface area contributed by atoms with E-state index >= 15 is 0 Å². The summed E-state index contributed by atoms with van der Waals surface area (Å²) in [5.74, 6) is -0.428. The first-order valence-electron chi connectivity index (χ1n) is 10.3. The predicted octanol–water partition coefficient (Wildman–Crippen LogP) is 3.25. The maximum absolute atomic E-state index is 13.2. The third-order valence-corrected chi connectivity index (χ3v) is 7.84. The third kappa shape index (κ3) is 4.55. The zero-order valence-electron chi connectivity index (χ0n) is 17.5. The van der Waals surface area contributed by atoms with Gasteiger partial charge in [-0.25, -0.2) is 18.2 Å². The molecule has 8 nitrogen and oxygen atoms in total. The molecular formula is C22H23ClN4O4S. The van der Waals surface area contributed by atoms with Gasteiger partial charge in [0, 0.05) is 34.9 Å². The zero-order chi connectivity index (χ0) is 22.9. The number of hydrogen-bond donors (Lipinski definition) is 1. The predicted molar refractivity (Wildman–Crippen MR) is 123 cm³/mol. The molecule has 2 heterocycles. The van der Waals surface area contributed by atoms with Crippen molar-refractivity contribution in [1.29, 1.82) is 0 Å². The highest BCUT2D eigenvalue weighted by Crippen LogP contribution is 2.27. The van der Waals surface area contributed by atoms with E-state index in [0.717, 1.165) is 19.3 Å². The monoisotopic (exact) mass is 474 g/mol. The van der Waals surface area contributed by atoms with Gasteiger partial charge >= 0.3 is 5.69 Å². The van der Waals surface area contributed by atoms with Crippen molar-refractivity contribution in [3.63, 3.8) is 0 Å². The molecule has 1 fully saturated rings. The summed E-state index contributed by atoms with van der Waals surface area (Å²) >= 11 is 5.94. The Kier molecular flexibility index (Phi) is 6.32. The lowest BCUT2D eigenvalue weighted by atomic mass is 10.1. The molecule has 1 aromatic heterocycles. The molecule has 1 N–H and O–H groups in total. The number of rotatable bonds is 5. The zero-order valence-corrected chi connectivity index (χ0v) is 19.1. The lowest BCUT2D eigenvalue weighted by molar-refractivity contribution is -0.116. The topological polar surface area (TPSA) is 101 Å². The van der Waals surface area contributed by atoms with Gasteiger partial charge in [-0.05, 0) is 56.2 Å². The molecule has 0 bridgehead atoms. The van der Waals surface area contributed by atoms with Crippen LogP contribution < -0.4 is 11.0 Å². The molecule has 2 aromatic carbocycles. The Labute approximate surface area is 190 Å². The van der Waals surface area contributed by atoms with Crippen molar-refractivity contribution < 1.29 is 13.2 Å². The molecular weight excluding hydrogens is 452 g/mol. The molecule has 0 aliphatic carbocycles. The summed E-state index contributed by atoms with van der Waals surface area (Å²) in [5.41, 5.74) is 0.337. The van der Waals surface area contributed by atoms with Crippen LogP contribution in [0.4, 0.5) is 5.69 Å². The molecule has 0 radical (unpaired) electrons. The summed E-state index contributed by atoms with van der Waals surface area (Å²) in [7, 11) is -3.67. The minimum Gasteiger partial charge on any atom is -0.324 e. The number of nitrogens with one attached hydrogen (secondary N) is 1. The molecule has 1 atom stereocenters. The average Bonchev–Trinajstić information content (AvgIpc) is 2.75. The van der Waals surface area contributed by atoms with Gasteiger partial charge in [-0.15, -0.1) is 0 Å². The molecule has 168 valence electrons. The van der Waals surface area contributed by atoms with Crippen molar-refractivity contribution in [2.75, 3.05) is 11.9 Å². The molecule has 0 spiro atoms. The maximum Gasteiger partial charge on any atom is 0.348 e.